The Kier molecular flexibility index (Phi) is 3.44. The molecule has 0 saturated heterocycles. The van der Waals surface area contributed by atoms with Gasteiger partial charge < -0.3 is 9.80 Å². The first-order valence-electron chi connectivity index (χ1n) is 9.18. The first kappa shape index (κ1) is 16.2. The maximum Gasteiger partial charge on any atom is 0.253 e. The van der Waals surface area contributed by atoms with Crippen molar-refractivity contribution in [1.29, 1.82) is 0 Å². The van der Waals surface area contributed by atoms with Crippen LogP contribution in [0.5, 0.6) is 0 Å². The van der Waals surface area contributed by atoms with Crippen LogP contribution in [-0.2, 0) is 4.79 Å². The monoisotopic (exact) mass is 416 g/mol. The van der Waals surface area contributed by atoms with Gasteiger partial charge in [-0.3, -0.25) is 9.36 Å². The van der Waals surface area contributed by atoms with Crippen molar-refractivity contribution in [3.63, 3.8) is 0 Å². The lowest BCUT2D eigenvalue weighted by Gasteiger charge is -2.45. The number of amides is 1. The molecule has 0 radical (unpaired) electrons. The summed E-state index contributed by atoms with van der Waals surface area (Å²) in [7, 11) is 1.84. The Balaban J connectivity index is 1.69. The second kappa shape index (κ2) is 5.52. The predicted molar refractivity (Wildman–Crippen MR) is 102 cm³/mol. The van der Waals surface area contributed by atoms with Gasteiger partial charge in [-0.2, -0.15) is 4.98 Å². The van der Waals surface area contributed by atoms with Crippen molar-refractivity contribution < 1.29 is 4.79 Å². The number of halogens is 1. The van der Waals surface area contributed by atoms with Crippen LogP contribution in [-0.4, -0.2) is 44.1 Å². The van der Waals surface area contributed by atoms with E-state index in [0.29, 0.717) is 22.6 Å². The summed E-state index contributed by atoms with van der Waals surface area (Å²) in [5.41, 5.74) is 0.376. The molecule has 1 spiro atoms. The van der Waals surface area contributed by atoms with Crippen LogP contribution >= 0.6 is 15.9 Å². The highest BCUT2D eigenvalue weighted by atomic mass is 79.9. The number of rotatable bonds is 2. The second-order valence-electron chi connectivity index (χ2n) is 7.65. The van der Waals surface area contributed by atoms with Crippen molar-refractivity contribution in [2.24, 2.45) is 5.92 Å². The molecule has 136 valence electrons. The first-order valence-corrected chi connectivity index (χ1v) is 9.97. The lowest BCUT2D eigenvalue weighted by atomic mass is 10.0. The normalized spacial score (nSPS) is 28.1. The Hall–Kier alpha value is -1.96. The average Bonchev–Trinajstić information content (AvgIpc) is 3.02. The van der Waals surface area contributed by atoms with Gasteiger partial charge in [0.25, 0.3) is 5.91 Å². The molecule has 2 atom stereocenters. The van der Waals surface area contributed by atoms with E-state index in [0.717, 1.165) is 30.8 Å². The van der Waals surface area contributed by atoms with Crippen molar-refractivity contribution in [2.45, 2.75) is 50.6 Å². The minimum Gasteiger partial charge on any atom is -0.337 e. The van der Waals surface area contributed by atoms with E-state index in [2.05, 4.69) is 37.7 Å². The van der Waals surface area contributed by atoms with Crippen molar-refractivity contribution in [2.75, 3.05) is 16.8 Å². The summed E-state index contributed by atoms with van der Waals surface area (Å²) < 4.78 is 2.48. The van der Waals surface area contributed by atoms with Gasteiger partial charge in [-0.1, -0.05) is 19.8 Å². The van der Waals surface area contributed by atoms with Crippen LogP contribution in [0.25, 0.3) is 5.95 Å². The molecule has 2 aromatic rings. The van der Waals surface area contributed by atoms with E-state index >= 15 is 0 Å². The van der Waals surface area contributed by atoms with Crippen LogP contribution in [0.15, 0.2) is 23.3 Å². The molecule has 3 heterocycles. The highest BCUT2D eigenvalue weighted by molar-refractivity contribution is 9.10. The van der Waals surface area contributed by atoms with Crippen LogP contribution < -0.4 is 9.80 Å². The number of imidazole rings is 1. The van der Waals surface area contributed by atoms with Gasteiger partial charge >= 0.3 is 0 Å². The van der Waals surface area contributed by atoms with E-state index in [1.54, 1.807) is 17.3 Å². The number of anilines is 2. The lowest BCUT2D eigenvalue weighted by Crippen LogP contribution is -2.59. The van der Waals surface area contributed by atoms with Gasteiger partial charge in [-0.15, -0.1) is 0 Å². The maximum absolute atomic E-state index is 13.2. The fraction of sp³-hybridized carbons (Fsp3) is 0.556. The summed E-state index contributed by atoms with van der Waals surface area (Å²) in [6, 6.07) is 0.380. The van der Waals surface area contributed by atoms with E-state index in [9.17, 15) is 4.79 Å². The summed E-state index contributed by atoms with van der Waals surface area (Å²) in [4.78, 5) is 30.9. The van der Waals surface area contributed by atoms with Crippen molar-refractivity contribution in [3.05, 3.63) is 23.3 Å². The number of aromatic nitrogens is 4. The molecule has 7 nitrogen and oxygen atoms in total. The molecule has 0 unspecified atom stereocenters. The van der Waals surface area contributed by atoms with E-state index in [4.69, 9.17) is 4.98 Å². The van der Waals surface area contributed by atoms with E-state index < -0.39 is 5.54 Å². The van der Waals surface area contributed by atoms with Gasteiger partial charge in [0.2, 0.25) is 5.95 Å². The zero-order valence-corrected chi connectivity index (χ0v) is 16.5. The van der Waals surface area contributed by atoms with Crippen LogP contribution in [0.3, 0.4) is 0 Å². The van der Waals surface area contributed by atoms with Gasteiger partial charge in [0, 0.05) is 25.5 Å². The first-order chi connectivity index (χ1) is 12.5. The number of nitrogens with zero attached hydrogens (tertiary/aromatic N) is 6. The van der Waals surface area contributed by atoms with E-state index in [-0.39, 0.29) is 5.91 Å². The highest BCUT2D eigenvalue weighted by Gasteiger charge is 2.66. The number of fused-ring (bicyclic) bond motifs is 1. The molecule has 0 N–H and O–H groups in total. The molecule has 8 heteroatoms. The zero-order chi connectivity index (χ0) is 18.1. The number of hydrogen-bond donors (Lipinski definition) is 0. The van der Waals surface area contributed by atoms with E-state index in [1.165, 1.54) is 12.8 Å². The third kappa shape index (κ3) is 2.05. The Morgan fingerprint density at radius 1 is 1.27 bits per heavy atom. The molecule has 0 bridgehead atoms. The van der Waals surface area contributed by atoms with Gasteiger partial charge in [0.1, 0.15) is 11.2 Å². The quantitative estimate of drug-likeness (QED) is 0.752. The second-order valence-corrected chi connectivity index (χ2v) is 8.36. The van der Waals surface area contributed by atoms with Gasteiger partial charge in [-0.25, -0.2) is 9.97 Å². The summed E-state index contributed by atoms with van der Waals surface area (Å²) in [6.45, 7) is 2.17. The third-order valence-corrected chi connectivity index (χ3v) is 6.79. The van der Waals surface area contributed by atoms with Gasteiger partial charge in [0.05, 0.1) is 6.20 Å². The minimum absolute atomic E-state index is 0.185. The fourth-order valence-electron chi connectivity index (χ4n) is 4.72. The number of likely N-dealkylation sites (N-methyl/N-ethyl adjacent to an activating group) is 1. The molecular formula is C18H21BrN6O. The van der Waals surface area contributed by atoms with Crippen LogP contribution in [0.1, 0.15) is 39.0 Å². The number of carbonyl (C=O) groups is 1. The standard InChI is InChI=1S/C18H21BrN6O/c1-11-9-18(11)15(26)23(2)13-10-21-17(24-8-7-20-16(24)19)22-14(13)25(18)12-5-3-4-6-12/h7-8,10-12H,3-6,9H2,1-2H3/t11-,18-/m0/s1. The minimum atomic E-state index is -0.422. The number of carbonyl (C=O) groups excluding carboxylic acids is 1. The summed E-state index contributed by atoms with van der Waals surface area (Å²) in [6.07, 6.45) is 10.9. The zero-order valence-electron chi connectivity index (χ0n) is 14.9. The van der Waals surface area contributed by atoms with Gasteiger partial charge in [0.15, 0.2) is 10.6 Å². The fourth-order valence-corrected chi connectivity index (χ4v) is 5.11. The molecule has 26 heavy (non-hydrogen) atoms. The molecule has 0 aromatic carbocycles. The van der Waals surface area contributed by atoms with Crippen LogP contribution in [0.4, 0.5) is 11.5 Å². The molecule has 2 fully saturated rings. The molecule has 5 rings (SSSR count). The Morgan fingerprint density at radius 3 is 2.62 bits per heavy atom. The molecular weight excluding hydrogens is 396 g/mol. The average molecular weight is 417 g/mol. The Labute approximate surface area is 160 Å². The van der Waals surface area contributed by atoms with Crippen molar-refractivity contribution in [1.82, 2.24) is 19.5 Å². The predicted octanol–water partition coefficient (Wildman–Crippen LogP) is 2.93. The molecule has 1 aliphatic heterocycles. The summed E-state index contributed by atoms with van der Waals surface area (Å²) in [5, 5.41) is 0. The Bertz CT molecular complexity index is 892. The summed E-state index contributed by atoms with van der Waals surface area (Å²) in [5.74, 6) is 1.99. The van der Waals surface area contributed by atoms with Crippen molar-refractivity contribution in [3.8, 4) is 5.95 Å². The summed E-state index contributed by atoms with van der Waals surface area (Å²) >= 11 is 3.44. The van der Waals surface area contributed by atoms with Crippen molar-refractivity contribution >= 4 is 33.3 Å². The number of hydrogen-bond acceptors (Lipinski definition) is 5. The van der Waals surface area contributed by atoms with Gasteiger partial charge in [-0.05, 0) is 41.1 Å². The third-order valence-electron chi connectivity index (χ3n) is 6.21. The van der Waals surface area contributed by atoms with E-state index in [1.807, 2.05) is 17.8 Å². The largest absolute Gasteiger partial charge is 0.337 e. The molecule has 2 saturated carbocycles. The van der Waals surface area contributed by atoms with Crippen LogP contribution in [0.2, 0.25) is 0 Å². The highest BCUT2D eigenvalue weighted by Crippen LogP contribution is 2.57. The molecule has 2 aliphatic carbocycles. The topological polar surface area (TPSA) is 67.2 Å². The maximum atomic E-state index is 13.2. The smallest absolute Gasteiger partial charge is 0.253 e. The van der Waals surface area contributed by atoms with Crippen LogP contribution in [0, 0.1) is 5.92 Å². The molecule has 3 aliphatic rings. The molecule has 2 aromatic heterocycles. The SMILES string of the molecule is C[C@H]1C[C@@]12C(=O)N(C)c1cnc(-n3ccnc3Br)nc1N2C1CCCC1. The Morgan fingerprint density at radius 2 is 2.00 bits per heavy atom. The lowest BCUT2D eigenvalue weighted by molar-refractivity contribution is -0.121. The molecule has 1 amide bonds.